The lowest BCUT2D eigenvalue weighted by Gasteiger charge is -1.99. The van der Waals surface area contributed by atoms with Gasteiger partial charge in [0.2, 0.25) is 0 Å². The third kappa shape index (κ3) is 1.99. The maximum absolute atomic E-state index is 5.71. The molecule has 0 bridgehead atoms. The van der Waals surface area contributed by atoms with Crippen LogP contribution >= 0.6 is 11.3 Å². The van der Waals surface area contributed by atoms with Crippen LogP contribution in [0.4, 0.5) is 0 Å². The Morgan fingerprint density at radius 1 is 1.44 bits per heavy atom. The molecular formula is C12H15N3S. The first-order chi connectivity index (χ1) is 7.76. The lowest BCUT2D eigenvalue weighted by atomic mass is 10.2. The quantitative estimate of drug-likeness (QED) is 0.886. The highest BCUT2D eigenvalue weighted by molar-refractivity contribution is 7.15. The SMILES string of the molecule is CCc1nc(-c2ccncc2C)sc1CN. The van der Waals surface area contributed by atoms with E-state index in [-0.39, 0.29) is 0 Å². The van der Waals surface area contributed by atoms with Crippen LogP contribution in [0.2, 0.25) is 0 Å². The Bertz CT molecular complexity index is 469. The van der Waals surface area contributed by atoms with Crippen molar-refractivity contribution in [3.63, 3.8) is 0 Å². The Kier molecular flexibility index (Phi) is 3.31. The summed E-state index contributed by atoms with van der Waals surface area (Å²) in [6, 6.07) is 2.01. The number of aryl methyl sites for hydroxylation is 2. The number of nitrogens with two attached hydrogens (primary N) is 1. The number of aromatic nitrogens is 2. The average Bonchev–Trinajstić information content (AvgIpc) is 2.72. The average molecular weight is 233 g/mol. The van der Waals surface area contributed by atoms with Crippen molar-refractivity contribution in [2.75, 3.05) is 0 Å². The lowest BCUT2D eigenvalue weighted by Crippen LogP contribution is -1.96. The number of thiazole rings is 1. The van der Waals surface area contributed by atoms with Gasteiger partial charge in [0.15, 0.2) is 0 Å². The zero-order valence-electron chi connectivity index (χ0n) is 9.53. The predicted octanol–water partition coefficient (Wildman–Crippen LogP) is 2.53. The normalized spacial score (nSPS) is 10.7. The first kappa shape index (κ1) is 11.2. The van der Waals surface area contributed by atoms with Crippen molar-refractivity contribution < 1.29 is 0 Å². The molecule has 4 heteroatoms. The fraction of sp³-hybridized carbons (Fsp3) is 0.333. The highest BCUT2D eigenvalue weighted by Gasteiger charge is 2.11. The second-order valence-corrected chi connectivity index (χ2v) is 4.72. The summed E-state index contributed by atoms with van der Waals surface area (Å²) >= 11 is 1.69. The Morgan fingerprint density at radius 3 is 2.81 bits per heavy atom. The van der Waals surface area contributed by atoms with Gasteiger partial charge in [0.25, 0.3) is 0 Å². The molecule has 0 saturated heterocycles. The van der Waals surface area contributed by atoms with Gasteiger partial charge in [0.05, 0.1) is 5.69 Å². The van der Waals surface area contributed by atoms with E-state index in [0.29, 0.717) is 6.54 Å². The van der Waals surface area contributed by atoms with Crippen molar-refractivity contribution in [2.45, 2.75) is 26.8 Å². The molecule has 2 aromatic rings. The van der Waals surface area contributed by atoms with Crippen LogP contribution in [-0.2, 0) is 13.0 Å². The molecule has 0 atom stereocenters. The third-order valence-electron chi connectivity index (χ3n) is 2.55. The molecule has 84 valence electrons. The van der Waals surface area contributed by atoms with Crippen molar-refractivity contribution in [3.8, 4) is 10.6 Å². The second-order valence-electron chi connectivity index (χ2n) is 3.64. The van der Waals surface area contributed by atoms with Gasteiger partial charge in [-0.15, -0.1) is 11.3 Å². The summed E-state index contributed by atoms with van der Waals surface area (Å²) in [6.07, 6.45) is 4.61. The van der Waals surface area contributed by atoms with Gasteiger partial charge in [-0.1, -0.05) is 6.92 Å². The smallest absolute Gasteiger partial charge is 0.124 e. The van der Waals surface area contributed by atoms with Gasteiger partial charge in [-0.3, -0.25) is 4.98 Å². The highest BCUT2D eigenvalue weighted by Crippen LogP contribution is 2.29. The van der Waals surface area contributed by atoms with Gasteiger partial charge >= 0.3 is 0 Å². The van der Waals surface area contributed by atoms with E-state index in [0.717, 1.165) is 28.2 Å². The van der Waals surface area contributed by atoms with Crippen LogP contribution in [0.3, 0.4) is 0 Å². The van der Waals surface area contributed by atoms with E-state index >= 15 is 0 Å². The molecule has 0 aromatic carbocycles. The van der Waals surface area contributed by atoms with Gasteiger partial charge in [-0.2, -0.15) is 0 Å². The molecule has 0 aliphatic heterocycles. The van der Waals surface area contributed by atoms with Gasteiger partial charge in [0, 0.05) is 29.4 Å². The maximum atomic E-state index is 5.71. The van der Waals surface area contributed by atoms with Crippen LogP contribution < -0.4 is 5.73 Å². The van der Waals surface area contributed by atoms with Crippen molar-refractivity contribution in [3.05, 3.63) is 34.6 Å². The molecule has 2 aromatic heterocycles. The molecule has 2 N–H and O–H groups in total. The molecular weight excluding hydrogens is 218 g/mol. The minimum atomic E-state index is 0.574. The van der Waals surface area contributed by atoms with Crippen LogP contribution in [0.15, 0.2) is 18.5 Å². The topological polar surface area (TPSA) is 51.8 Å². The summed E-state index contributed by atoms with van der Waals surface area (Å²) in [5.41, 5.74) is 9.15. The monoisotopic (exact) mass is 233 g/mol. The summed E-state index contributed by atoms with van der Waals surface area (Å²) in [7, 11) is 0. The molecule has 0 fully saturated rings. The van der Waals surface area contributed by atoms with E-state index in [2.05, 4.69) is 23.8 Å². The van der Waals surface area contributed by atoms with Crippen LogP contribution in [0, 0.1) is 6.92 Å². The molecule has 0 aliphatic carbocycles. The molecule has 16 heavy (non-hydrogen) atoms. The van der Waals surface area contributed by atoms with Crippen LogP contribution in [0.5, 0.6) is 0 Å². The summed E-state index contributed by atoms with van der Waals surface area (Å²) < 4.78 is 0. The molecule has 2 rings (SSSR count). The maximum Gasteiger partial charge on any atom is 0.124 e. The van der Waals surface area contributed by atoms with Crippen molar-refractivity contribution in [1.82, 2.24) is 9.97 Å². The highest BCUT2D eigenvalue weighted by atomic mass is 32.1. The third-order valence-corrected chi connectivity index (χ3v) is 3.70. The largest absolute Gasteiger partial charge is 0.326 e. The first-order valence-electron chi connectivity index (χ1n) is 5.36. The van der Waals surface area contributed by atoms with Crippen molar-refractivity contribution in [2.24, 2.45) is 5.73 Å². The zero-order valence-corrected chi connectivity index (χ0v) is 10.3. The Hall–Kier alpha value is -1.26. The van der Waals surface area contributed by atoms with Gasteiger partial charge in [0.1, 0.15) is 5.01 Å². The number of hydrogen-bond acceptors (Lipinski definition) is 4. The molecule has 0 aliphatic rings. The minimum absolute atomic E-state index is 0.574. The van der Waals surface area contributed by atoms with Crippen molar-refractivity contribution >= 4 is 11.3 Å². The van der Waals surface area contributed by atoms with E-state index in [1.807, 2.05) is 12.3 Å². The summed E-state index contributed by atoms with van der Waals surface area (Å²) in [4.78, 5) is 9.92. The molecule has 0 unspecified atom stereocenters. The van der Waals surface area contributed by atoms with E-state index in [9.17, 15) is 0 Å². The standard InChI is InChI=1S/C12H15N3S/c1-3-10-11(6-13)16-12(15-10)9-4-5-14-7-8(9)2/h4-5,7H,3,6,13H2,1-2H3. The molecule has 3 nitrogen and oxygen atoms in total. The summed E-state index contributed by atoms with van der Waals surface area (Å²) in [5, 5.41) is 1.05. The van der Waals surface area contributed by atoms with E-state index < -0.39 is 0 Å². The molecule has 0 saturated carbocycles. The fourth-order valence-electron chi connectivity index (χ4n) is 1.65. The lowest BCUT2D eigenvalue weighted by molar-refractivity contribution is 0.989. The van der Waals surface area contributed by atoms with Crippen LogP contribution in [0.25, 0.3) is 10.6 Å². The first-order valence-corrected chi connectivity index (χ1v) is 6.17. The minimum Gasteiger partial charge on any atom is -0.326 e. The van der Waals surface area contributed by atoms with E-state index in [1.165, 1.54) is 4.88 Å². The van der Waals surface area contributed by atoms with Crippen LogP contribution in [-0.4, -0.2) is 9.97 Å². The van der Waals surface area contributed by atoms with Crippen LogP contribution in [0.1, 0.15) is 23.1 Å². The van der Waals surface area contributed by atoms with E-state index in [1.54, 1.807) is 17.5 Å². The summed E-state index contributed by atoms with van der Waals surface area (Å²) in [5.74, 6) is 0. The number of pyridine rings is 1. The number of nitrogens with zero attached hydrogens (tertiary/aromatic N) is 2. The predicted molar refractivity (Wildman–Crippen MR) is 67.4 cm³/mol. The molecule has 2 heterocycles. The fourth-order valence-corrected chi connectivity index (χ4v) is 2.77. The molecule has 0 radical (unpaired) electrons. The van der Waals surface area contributed by atoms with Crippen molar-refractivity contribution in [1.29, 1.82) is 0 Å². The Morgan fingerprint density at radius 2 is 2.25 bits per heavy atom. The molecule has 0 amide bonds. The Labute approximate surface area is 99.4 Å². The summed E-state index contributed by atoms with van der Waals surface area (Å²) in [6.45, 7) is 4.74. The second kappa shape index (κ2) is 4.72. The van der Waals surface area contributed by atoms with Gasteiger partial charge in [-0.25, -0.2) is 4.98 Å². The van der Waals surface area contributed by atoms with Gasteiger partial charge < -0.3 is 5.73 Å². The zero-order chi connectivity index (χ0) is 11.5. The number of rotatable bonds is 3. The molecule has 0 spiro atoms. The van der Waals surface area contributed by atoms with Gasteiger partial charge in [-0.05, 0) is 25.0 Å². The number of hydrogen-bond donors (Lipinski definition) is 1. The Balaban J connectivity index is 2.49. The van der Waals surface area contributed by atoms with E-state index in [4.69, 9.17) is 5.73 Å².